The molecule has 0 amide bonds. The highest BCUT2D eigenvalue weighted by atomic mass is 35.5. The van der Waals surface area contributed by atoms with E-state index in [1.165, 1.54) is 11.1 Å². The van der Waals surface area contributed by atoms with Crippen molar-refractivity contribution in [3.05, 3.63) is 58.1 Å². The molecule has 0 N–H and O–H groups in total. The Kier molecular flexibility index (Phi) is 3.76. The van der Waals surface area contributed by atoms with Gasteiger partial charge in [-0.2, -0.15) is 0 Å². The Morgan fingerprint density at radius 1 is 0.824 bits per heavy atom. The molecule has 0 atom stereocenters. The Labute approximate surface area is 112 Å². The third kappa shape index (κ3) is 2.83. The maximum atomic E-state index is 6.03. The summed E-state index contributed by atoms with van der Waals surface area (Å²) >= 11 is 12.0. The van der Waals surface area contributed by atoms with Gasteiger partial charge in [-0.1, -0.05) is 67.4 Å². The first-order chi connectivity index (χ1) is 8.08. The molecule has 0 aliphatic heterocycles. The van der Waals surface area contributed by atoms with E-state index in [4.69, 9.17) is 23.2 Å². The highest BCUT2D eigenvalue weighted by molar-refractivity contribution is 6.42. The lowest BCUT2D eigenvalue weighted by atomic mass is 9.97. The van der Waals surface area contributed by atoms with Gasteiger partial charge in [0, 0.05) is 0 Å². The minimum atomic E-state index is 0.526. The monoisotopic (exact) mass is 264 g/mol. The van der Waals surface area contributed by atoms with E-state index < -0.39 is 0 Å². The molecule has 17 heavy (non-hydrogen) atoms. The van der Waals surface area contributed by atoms with Crippen LogP contribution in [0.3, 0.4) is 0 Å². The average molecular weight is 265 g/mol. The standard InChI is InChI=1S/C15H14Cl2/c1-10(2)11-4-3-5-12(8-11)13-6-7-14(16)15(17)9-13/h3-10H,1-2H3. The van der Waals surface area contributed by atoms with E-state index in [1.807, 2.05) is 18.2 Å². The normalized spacial score (nSPS) is 10.9. The zero-order valence-electron chi connectivity index (χ0n) is 9.87. The van der Waals surface area contributed by atoms with E-state index in [2.05, 4.69) is 38.1 Å². The van der Waals surface area contributed by atoms with Gasteiger partial charge in [-0.25, -0.2) is 0 Å². The molecule has 0 saturated carbocycles. The molecule has 0 saturated heterocycles. The number of hydrogen-bond donors (Lipinski definition) is 0. The molecule has 0 nitrogen and oxygen atoms in total. The van der Waals surface area contributed by atoms with Crippen molar-refractivity contribution in [3.63, 3.8) is 0 Å². The van der Waals surface area contributed by atoms with Crippen LogP contribution in [-0.4, -0.2) is 0 Å². The van der Waals surface area contributed by atoms with Crippen molar-refractivity contribution < 1.29 is 0 Å². The van der Waals surface area contributed by atoms with Crippen molar-refractivity contribution in [1.82, 2.24) is 0 Å². The van der Waals surface area contributed by atoms with Crippen LogP contribution >= 0.6 is 23.2 Å². The molecule has 2 heteroatoms. The van der Waals surface area contributed by atoms with Crippen molar-refractivity contribution in [3.8, 4) is 11.1 Å². The SMILES string of the molecule is CC(C)c1cccc(-c2ccc(Cl)c(Cl)c2)c1. The van der Waals surface area contributed by atoms with Gasteiger partial charge in [0.25, 0.3) is 0 Å². The van der Waals surface area contributed by atoms with E-state index in [1.54, 1.807) is 0 Å². The van der Waals surface area contributed by atoms with E-state index in [0.717, 1.165) is 5.56 Å². The largest absolute Gasteiger partial charge is 0.0827 e. The maximum absolute atomic E-state index is 6.03. The Morgan fingerprint density at radius 3 is 2.18 bits per heavy atom. The summed E-state index contributed by atoms with van der Waals surface area (Å²) in [5, 5.41) is 1.19. The van der Waals surface area contributed by atoms with Crippen LogP contribution in [0.4, 0.5) is 0 Å². The first kappa shape index (κ1) is 12.5. The molecule has 0 aromatic heterocycles. The van der Waals surface area contributed by atoms with Gasteiger partial charge in [-0.15, -0.1) is 0 Å². The van der Waals surface area contributed by atoms with Crippen LogP contribution in [-0.2, 0) is 0 Å². The fraction of sp³-hybridized carbons (Fsp3) is 0.200. The third-order valence-electron chi connectivity index (χ3n) is 2.81. The first-order valence-electron chi connectivity index (χ1n) is 5.63. The van der Waals surface area contributed by atoms with Gasteiger partial charge in [0.15, 0.2) is 0 Å². The van der Waals surface area contributed by atoms with Crippen LogP contribution in [0.15, 0.2) is 42.5 Å². The summed E-state index contributed by atoms with van der Waals surface area (Å²) in [4.78, 5) is 0. The third-order valence-corrected chi connectivity index (χ3v) is 3.55. The fourth-order valence-corrected chi connectivity index (χ4v) is 2.05. The van der Waals surface area contributed by atoms with Crippen molar-refractivity contribution in [2.24, 2.45) is 0 Å². The zero-order valence-corrected chi connectivity index (χ0v) is 11.4. The molecule has 0 unspecified atom stereocenters. The van der Waals surface area contributed by atoms with Crippen LogP contribution < -0.4 is 0 Å². The van der Waals surface area contributed by atoms with Crippen LogP contribution in [0, 0.1) is 0 Å². The van der Waals surface area contributed by atoms with Gasteiger partial charge in [0.2, 0.25) is 0 Å². The molecular weight excluding hydrogens is 251 g/mol. The van der Waals surface area contributed by atoms with Gasteiger partial charge >= 0.3 is 0 Å². The second-order valence-corrected chi connectivity index (χ2v) is 5.22. The highest BCUT2D eigenvalue weighted by Gasteiger charge is 2.04. The van der Waals surface area contributed by atoms with E-state index in [-0.39, 0.29) is 0 Å². The Balaban J connectivity index is 2.45. The average Bonchev–Trinajstić information content (AvgIpc) is 2.33. The second kappa shape index (κ2) is 5.12. The second-order valence-electron chi connectivity index (χ2n) is 4.41. The van der Waals surface area contributed by atoms with Crippen molar-refractivity contribution in [2.45, 2.75) is 19.8 Å². The summed E-state index contributed by atoms with van der Waals surface area (Å²) < 4.78 is 0. The Morgan fingerprint density at radius 2 is 1.53 bits per heavy atom. The molecule has 0 spiro atoms. The molecule has 0 aliphatic carbocycles. The minimum Gasteiger partial charge on any atom is -0.0827 e. The summed E-state index contributed by atoms with van der Waals surface area (Å²) in [5.41, 5.74) is 3.60. The zero-order chi connectivity index (χ0) is 12.4. The number of hydrogen-bond acceptors (Lipinski definition) is 0. The summed E-state index contributed by atoms with van der Waals surface area (Å²) in [7, 11) is 0. The van der Waals surface area contributed by atoms with Crippen LogP contribution in [0.1, 0.15) is 25.3 Å². The molecule has 2 aromatic rings. The smallest absolute Gasteiger partial charge is 0.0598 e. The van der Waals surface area contributed by atoms with Gasteiger partial charge in [-0.3, -0.25) is 0 Å². The van der Waals surface area contributed by atoms with Crippen molar-refractivity contribution >= 4 is 23.2 Å². The Bertz CT molecular complexity index is 530. The lowest BCUT2D eigenvalue weighted by Gasteiger charge is -2.09. The van der Waals surface area contributed by atoms with Crippen molar-refractivity contribution in [1.29, 1.82) is 0 Å². The van der Waals surface area contributed by atoms with E-state index >= 15 is 0 Å². The van der Waals surface area contributed by atoms with Gasteiger partial charge in [0.1, 0.15) is 0 Å². The highest BCUT2D eigenvalue weighted by Crippen LogP contribution is 2.29. The van der Waals surface area contributed by atoms with E-state index in [0.29, 0.717) is 16.0 Å². The van der Waals surface area contributed by atoms with Gasteiger partial charge in [0.05, 0.1) is 10.0 Å². The maximum Gasteiger partial charge on any atom is 0.0598 e. The van der Waals surface area contributed by atoms with Crippen LogP contribution in [0.5, 0.6) is 0 Å². The molecule has 0 fully saturated rings. The number of rotatable bonds is 2. The molecule has 0 aliphatic rings. The Hall–Kier alpha value is -0.980. The predicted molar refractivity (Wildman–Crippen MR) is 76.0 cm³/mol. The summed E-state index contributed by atoms with van der Waals surface area (Å²) in [6.07, 6.45) is 0. The summed E-state index contributed by atoms with van der Waals surface area (Å²) in [6.45, 7) is 4.38. The lowest BCUT2D eigenvalue weighted by Crippen LogP contribution is -1.87. The fourth-order valence-electron chi connectivity index (χ4n) is 1.75. The molecule has 2 aromatic carbocycles. The molecule has 88 valence electrons. The summed E-state index contributed by atoms with van der Waals surface area (Å²) in [5.74, 6) is 0.526. The molecule has 0 radical (unpaired) electrons. The minimum absolute atomic E-state index is 0.526. The molecule has 0 heterocycles. The van der Waals surface area contributed by atoms with Crippen LogP contribution in [0.2, 0.25) is 10.0 Å². The predicted octanol–water partition coefficient (Wildman–Crippen LogP) is 5.78. The number of halogens is 2. The number of benzene rings is 2. The van der Waals surface area contributed by atoms with Gasteiger partial charge in [-0.05, 0) is 34.7 Å². The quantitative estimate of drug-likeness (QED) is 0.645. The summed E-state index contributed by atoms with van der Waals surface area (Å²) in [6, 6.07) is 14.2. The first-order valence-corrected chi connectivity index (χ1v) is 6.39. The van der Waals surface area contributed by atoms with Gasteiger partial charge < -0.3 is 0 Å². The lowest BCUT2D eigenvalue weighted by molar-refractivity contribution is 0.867. The topological polar surface area (TPSA) is 0 Å². The molecule has 0 bridgehead atoms. The van der Waals surface area contributed by atoms with Crippen molar-refractivity contribution in [2.75, 3.05) is 0 Å². The van der Waals surface area contributed by atoms with Crippen LogP contribution in [0.25, 0.3) is 11.1 Å². The molecule has 2 rings (SSSR count). The molecular formula is C15H14Cl2. The van der Waals surface area contributed by atoms with E-state index in [9.17, 15) is 0 Å².